The summed E-state index contributed by atoms with van der Waals surface area (Å²) in [6, 6.07) is 4.94. The third-order valence-electron chi connectivity index (χ3n) is 2.76. The van der Waals surface area contributed by atoms with Gasteiger partial charge in [0.2, 0.25) is 0 Å². The van der Waals surface area contributed by atoms with Gasteiger partial charge in [-0.2, -0.15) is 0 Å². The molecule has 0 amide bonds. The van der Waals surface area contributed by atoms with Gasteiger partial charge in [-0.15, -0.1) is 11.3 Å². The van der Waals surface area contributed by atoms with Crippen molar-refractivity contribution in [3.8, 4) is 10.6 Å². The molecule has 19 heavy (non-hydrogen) atoms. The predicted molar refractivity (Wildman–Crippen MR) is 81.8 cm³/mol. The van der Waals surface area contributed by atoms with E-state index in [1.54, 1.807) is 23.5 Å². The highest BCUT2D eigenvalue weighted by Gasteiger charge is 2.23. The molecule has 5 heteroatoms. The van der Waals surface area contributed by atoms with Gasteiger partial charge in [-0.25, -0.2) is 9.37 Å². The summed E-state index contributed by atoms with van der Waals surface area (Å²) in [6.45, 7) is 6.83. The normalized spacial score (nSPS) is 11.9. The zero-order valence-corrected chi connectivity index (χ0v) is 13.5. The highest BCUT2D eigenvalue weighted by Crippen LogP contribution is 2.35. The summed E-state index contributed by atoms with van der Waals surface area (Å²) in [5.74, 6) is -0.268. The largest absolute Gasteiger partial charge is 0.326 e. The van der Waals surface area contributed by atoms with Crippen LogP contribution in [0, 0.1) is 5.82 Å². The van der Waals surface area contributed by atoms with Crippen molar-refractivity contribution in [1.82, 2.24) is 4.98 Å². The SMILES string of the molecule is CC(C)(C)c1nc(-c2ccc(F)c(Br)c2)sc1CN. The lowest BCUT2D eigenvalue weighted by Gasteiger charge is -2.16. The first kappa shape index (κ1) is 14.6. The predicted octanol–water partition coefficient (Wildman–Crippen LogP) is 4.47. The minimum atomic E-state index is -0.268. The summed E-state index contributed by atoms with van der Waals surface area (Å²) < 4.78 is 13.7. The van der Waals surface area contributed by atoms with Crippen molar-refractivity contribution in [3.63, 3.8) is 0 Å². The van der Waals surface area contributed by atoms with Gasteiger partial charge in [0.25, 0.3) is 0 Å². The second-order valence-corrected chi connectivity index (χ2v) is 7.31. The number of benzene rings is 1. The molecule has 2 rings (SSSR count). The van der Waals surface area contributed by atoms with Gasteiger partial charge in [-0.1, -0.05) is 20.8 Å². The van der Waals surface area contributed by atoms with Crippen molar-refractivity contribution in [3.05, 3.63) is 39.1 Å². The fourth-order valence-corrected chi connectivity index (χ4v) is 3.35. The van der Waals surface area contributed by atoms with E-state index in [1.165, 1.54) is 6.07 Å². The molecular weight excluding hydrogens is 327 g/mol. The second kappa shape index (κ2) is 5.31. The molecule has 0 atom stereocenters. The molecule has 0 spiro atoms. The summed E-state index contributed by atoms with van der Waals surface area (Å²) in [5, 5.41) is 0.881. The van der Waals surface area contributed by atoms with E-state index in [-0.39, 0.29) is 11.2 Å². The van der Waals surface area contributed by atoms with Crippen molar-refractivity contribution < 1.29 is 4.39 Å². The van der Waals surface area contributed by atoms with Crippen molar-refractivity contribution in [1.29, 1.82) is 0 Å². The maximum atomic E-state index is 13.3. The van der Waals surface area contributed by atoms with Crippen molar-refractivity contribution >= 4 is 27.3 Å². The zero-order valence-electron chi connectivity index (χ0n) is 11.1. The Morgan fingerprint density at radius 3 is 2.53 bits per heavy atom. The van der Waals surface area contributed by atoms with Crippen LogP contribution in [0.3, 0.4) is 0 Å². The molecule has 0 radical (unpaired) electrons. The fraction of sp³-hybridized carbons (Fsp3) is 0.357. The van der Waals surface area contributed by atoms with Crippen LogP contribution in [-0.2, 0) is 12.0 Å². The number of hydrogen-bond acceptors (Lipinski definition) is 3. The molecule has 0 aliphatic carbocycles. The van der Waals surface area contributed by atoms with Gasteiger partial charge in [0.05, 0.1) is 10.2 Å². The molecule has 2 N–H and O–H groups in total. The molecule has 0 aliphatic heterocycles. The summed E-state index contributed by atoms with van der Waals surface area (Å²) in [6.07, 6.45) is 0. The molecule has 1 aromatic carbocycles. The van der Waals surface area contributed by atoms with E-state index in [4.69, 9.17) is 5.73 Å². The number of aromatic nitrogens is 1. The average molecular weight is 343 g/mol. The van der Waals surface area contributed by atoms with Crippen LogP contribution in [-0.4, -0.2) is 4.98 Å². The van der Waals surface area contributed by atoms with Crippen LogP contribution in [0.5, 0.6) is 0 Å². The van der Waals surface area contributed by atoms with E-state index >= 15 is 0 Å². The van der Waals surface area contributed by atoms with E-state index < -0.39 is 0 Å². The summed E-state index contributed by atoms with van der Waals surface area (Å²) in [7, 11) is 0. The molecule has 2 aromatic rings. The topological polar surface area (TPSA) is 38.9 Å². The quantitative estimate of drug-likeness (QED) is 0.874. The molecule has 0 aliphatic rings. The Morgan fingerprint density at radius 1 is 1.37 bits per heavy atom. The first-order valence-electron chi connectivity index (χ1n) is 5.98. The van der Waals surface area contributed by atoms with Gasteiger partial charge in [0.15, 0.2) is 0 Å². The lowest BCUT2D eigenvalue weighted by atomic mass is 9.91. The van der Waals surface area contributed by atoms with Crippen LogP contribution in [0.4, 0.5) is 4.39 Å². The molecule has 102 valence electrons. The van der Waals surface area contributed by atoms with Crippen molar-refractivity contribution in [2.75, 3.05) is 0 Å². The van der Waals surface area contributed by atoms with Crippen LogP contribution in [0.2, 0.25) is 0 Å². The number of nitrogens with two attached hydrogens (primary N) is 1. The number of nitrogens with zero attached hydrogens (tertiary/aromatic N) is 1. The minimum Gasteiger partial charge on any atom is -0.326 e. The Balaban J connectivity index is 2.51. The smallest absolute Gasteiger partial charge is 0.137 e. The first-order chi connectivity index (χ1) is 8.82. The number of thiazole rings is 1. The van der Waals surface area contributed by atoms with Gasteiger partial charge in [-0.3, -0.25) is 0 Å². The second-order valence-electron chi connectivity index (χ2n) is 5.37. The van der Waals surface area contributed by atoms with E-state index in [0.29, 0.717) is 11.0 Å². The van der Waals surface area contributed by atoms with Crippen LogP contribution in [0.25, 0.3) is 10.6 Å². The summed E-state index contributed by atoms with van der Waals surface area (Å²) in [5.41, 5.74) is 7.68. The van der Waals surface area contributed by atoms with Crippen LogP contribution in [0.1, 0.15) is 31.3 Å². The van der Waals surface area contributed by atoms with E-state index in [9.17, 15) is 4.39 Å². The van der Waals surface area contributed by atoms with Crippen molar-refractivity contribution in [2.24, 2.45) is 5.73 Å². The van der Waals surface area contributed by atoms with Crippen molar-refractivity contribution in [2.45, 2.75) is 32.7 Å². The molecular formula is C14H16BrFN2S. The van der Waals surface area contributed by atoms with Gasteiger partial charge < -0.3 is 5.73 Å². The third kappa shape index (κ3) is 3.04. The number of halogens is 2. The Hall–Kier alpha value is -0.780. The summed E-state index contributed by atoms with van der Waals surface area (Å²) in [4.78, 5) is 5.77. The molecule has 0 bridgehead atoms. The number of rotatable bonds is 2. The highest BCUT2D eigenvalue weighted by atomic mass is 79.9. The maximum absolute atomic E-state index is 13.3. The Kier molecular flexibility index (Phi) is 4.08. The average Bonchev–Trinajstić information content (AvgIpc) is 2.76. The van der Waals surface area contributed by atoms with Crippen LogP contribution in [0.15, 0.2) is 22.7 Å². The maximum Gasteiger partial charge on any atom is 0.137 e. The minimum absolute atomic E-state index is 0.0410. The van der Waals surface area contributed by atoms with E-state index in [2.05, 4.69) is 41.7 Å². The molecule has 0 fully saturated rings. The Morgan fingerprint density at radius 2 is 2.05 bits per heavy atom. The van der Waals surface area contributed by atoms with Crippen LogP contribution < -0.4 is 5.73 Å². The highest BCUT2D eigenvalue weighted by molar-refractivity contribution is 9.10. The van der Waals surface area contributed by atoms with Crippen LogP contribution >= 0.6 is 27.3 Å². The lowest BCUT2D eigenvalue weighted by molar-refractivity contribution is 0.567. The van der Waals surface area contributed by atoms with Gasteiger partial charge >= 0.3 is 0 Å². The van der Waals surface area contributed by atoms with Gasteiger partial charge in [0, 0.05) is 22.4 Å². The third-order valence-corrected chi connectivity index (χ3v) is 4.49. The van der Waals surface area contributed by atoms with Gasteiger partial charge in [-0.05, 0) is 34.1 Å². The zero-order chi connectivity index (χ0) is 14.2. The van der Waals surface area contributed by atoms with Gasteiger partial charge in [0.1, 0.15) is 10.8 Å². The summed E-state index contributed by atoms with van der Waals surface area (Å²) >= 11 is 4.78. The van der Waals surface area contributed by atoms with E-state index in [0.717, 1.165) is 21.1 Å². The number of hydrogen-bond donors (Lipinski definition) is 1. The monoisotopic (exact) mass is 342 g/mol. The standard InChI is InChI=1S/C14H16BrFN2S/c1-14(2,3)12-11(7-17)19-13(18-12)8-4-5-10(16)9(15)6-8/h4-6H,7,17H2,1-3H3. The Labute approximate surface area is 125 Å². The molecule has 2 nitrogen and oxygen atoms in total. The molecule has 1 heterocycles. The van der Waals surface area contributed by atoms with E-state index in [1.807, 2.05) is 0 Å². The lowest BCUT2D eigenvalue weighted by Crippen LogP contribution is -2.15. The Bertz CT molecular complexity index is 602. The molecule has 0 saturated carbocycles. The molecule has 0 saturated heterocycles. The first-order valence-corrected chi connectivity index (χ1v) is 7.59. The fourth-order valence-electron chi connectivity index (χ4n) is 1.83. The molecule has 0 unspecified atom stereocenters. The molecule has 1 aromatic heterocycles.